The van der Waals surface area contributed by atoms with E-state index >= 15 is 0 Å². The predicted octanol–water partition coefficient (Wildman–Crippen LogP) is 3.19. The van der Waals surface area contributed by atoms with Crippen LogP contribution in [0.25, 0.3) is 11.0 Å². The molecule has 2 aromatic rings. The van der Waals surface area contributed by atoms with Gasteiger partial charge in [-0.15, -0.1) is 0 Å². The fourth-order valence-corrected chi connectivity index (χ4v) is 4.80. The highest BCUT2D eigenvalue weighted by atomic mass is 32.2. The molecule has 146 valence electrons. The minimum Gasteiger partial charge on any atom is -0.372 e. The predicted molar refractivity (Wildman–Crippen MR) is 106 cm³/mol. The number of benzene rings is 1. The molecule has 9 heteroatoms. The highest BCUT2D eigenvalue weighted by Crippen LogP contribution is 2.40. The number of nitrogens with zero attached hydrogens (tertiary/aromatic N) is 4. The summed E-state index contributed by atoms with van der Waals surface area (Å²) in [6.07, 6.45) is 0.674. The third-order valence-electron chi connectivity index (χ3n) is 4.94. The van der Waals surface area contributed by atoms with Gasteiger partial charge in [0, 0.05) is 30.4 Å². The molecule has 0 unspecified atom stereocenters. The van der Waals surface area contributed by atoms with Crippen LogP contribution in [0.1, 0.15) is 36.7 Å². The first kappa shape index (κ1) is 18.8. The van der Waals surface area contributed by atoms with Gasteiger partial charge in [0.1, 0.15) is 11.6 Å². The SMILES string of the molecule is C[C@@H]1CN(c2c(C=O)cc3c(N4C[C@H](C)SC4=O)noc3c2C#N)C[C@@H](C)O1. The van der Waals surface area contributed by atoms with Crippen molar-refractivity contribution in [3.05, 3.63) is 17.2 Å². The van der Waals surface area contributed by atoms with Gasteiger partial charge in [0.25, 0.3) is 5.24 Å². The lowest BCUT2D eigenvalue weighted by Crippen LogP contribution is -2.46. The van der Waals surface area contributed by atoms with Crippen LogP contribution in [-0.2, 0) is 4.74 Å². The Hall–Kier alpha value is -2.57. The summed E-state index contributed by atoms with van der Waals surface area (Å²) in [5, 5.41) is 14.5. The van der Waals surface area contributed by atoms with Gasteiger partial charge in [-0.1, -0.05) is 23.8 Å². The molecule has 4 rings (SSSR count). The Labute approximate surface area is 166 Å². The molecule has 0 N–H and O–H groups in total. The number of morpholine rings is 1. The molecule has 2 aliphatic rings. The Balaban J connectivity index is 1.88. The Morgan fingerprint density at radius 3 is 2.57 bits per heavy atom. The summed E-state index contributed by atoms with van der Waals surface area (Å²) in [6.45, 7) is 7.50. The van der Waals surface area contributed by atoms with Gasteiger partial charge in [-0.05, 0) is 19.9 Å². The zero-order valence-electron chi connectivity index (χ0n) is 15.8. The van der Waals surface area contributed by atoms with Crippen LogP contribution in [0.4, 0.5) is 16.3 Å². The number of thioether (sulfide) groups is 1. The minimum absolute atomic E-state index is 0.0310. The summed E-state index contributed by atoms with van der Waals surface area (Å²) in [5.74, 6) is 0.353. The van der Waals surface area contributed by atoms with Crippen molar-refractivity contribution in [2.75, 3.05) is 29.4 Å². The summed E-state index contributed by atoms with van der Waals surface area (Å²) < 4.78 is 11.3. The van der Waals surface area contributed by atoms with E-state index in [0.717, 1.165) is 6.29 Å². The number of amides is 1. The molecule has 8 nitrogen and oxygen atoms in total. The topological polar surface area (TPSA) is 99.7 Å². The number of aromatic nitrogens is 1. The van der Waals surface area contributed by atoms with E-state index in [-0.39, 0.29) is 28.3 Å². The molecule has 0 saturated carbocycles. The van der Waals surface area contributed by atoms with Crippen LogP contribution in [0, 0.1) is 11.3 Å². The lowest BCUT2D eigenvalue weighted by atomic mass is 10.0. The van der Waals surface area contributed by atoms with Gasteiger partial charge >= 0.3 is 0 Å². The van der Waals surface area contributed by atoms with Gasteiger partial charge in [0.2, 0.25) is 0 Å². The van der Waals surface area contributed by atoms with Crippen LogP contribution in [0.3, 0.4) is 0 Å². The number of carbonyl (C=O) groups excluding carboxylic acids is 2. The van der Waals surface area contributed by atoms with Crippen molar-refractivity contribution in [2.45, 2.75) is 38.2 Å². The second-order valence-corrected chi connectivity index (χ2v) is 8.66. The van der Waals surface area contributed by atoms with Gasteiger partial charge in [-0.25, -0.2) is 0 Å². The maximum Gasteiger partial charge on any atom is 0.287 e. The normalized spacial score (nSPS) is 25.4. The molecule has 3 atom stereocenters. The van der Waals surface area contributed by atoms with Crippen molar-refractivity contribution in [3.63, 3.8) is 0 Å². The molecule has 28 heavy (non-hydrogen) atoms. The number of aldehydes is 1. The molecular weight excluding hydrogens is 380 g/mol. The first-order valence-electron chi connectivity index (χ1n) is 9.13. The molecule has 1 amide bonds. The zero-order chi connectivity index (χ0) is 20.0. The van der Waals surface area contributed by atoms with E-state index in [9.17, 15) is 14.9 Å². The molecule has 1 aromatic heterocycles. The molecule has 2 aliphatic heterocycles. The molecule has 2 fully saturated rings. The van der Waals surface area contributed by atoms with Gasteiger partial charge in [0.05, 0.1) is 23.3 Å². The monoisotopic (exact) mass is 400 g/mol. The summed E-state index contributed by atoms with van der Waals surface area (Å²) in [4.78, 5) is 27.7. The number of rotatable bonds is 3. The molecular formula is C19H20N4O4S. The lowest BCUT2D eigenvalue weighted by molar-refractivity contribution is -0.00526. The third-order valence-corrected chi connectivity index (χ3v) is 5.91. The second kappa shape index (κ2) is 7.11. The van der Waals surface area contributed by atoms with E-state index in [1.165, 1.54) is 16.7 Å². The Bertz CT molecular complexity index is 988. The van der Waals surface area contributed by atoms with E-state index in [2.05, 4.69) is 11.2 Å². The van der Waals surface area contributed by atoms with Gasteiger partial charge in [-0.2, -0.15) is 5.26 Å². The first-order valence-corrected chi connectivity index (χ1v) is 10.0. The van der Waals surface area contributed by atoms with Crippen molar-refractivity contribution in [3.8, 4) is 6.07 Å². The standard InChI is InChI=1S/C19H20N4O4S/c1-10-6-22(7-11(2)26-10)16-13(9-24)4-14-17(15(16)5-20)27-21-18(14)23-8-12(3)28-19(23)25/h4,9-12H,6-8H2,1-3H3/t10-,11-,12+/m1/s1. The van der Waals surface area contributed by atoms with Crippen molar-refractivity contribution >= 4 is 45.8 Å². The summed E-state index contributed by atoms with van der Waals surface area (Å²) >= 11 is 1.23. The fourth-order valence-electron chi connectivity index (χ4n) is 3.94. The van der Waals surface area contributed by atoms with Crippen molar-refractivity contribution in [1.29, 1.82) is 5.26 Å². The van der Waals surface area contributed by atoms with Crippen LogP contribution in [0.2, 0.25) is 0 Å². The second-order valence-electron chi connectivity index (χ2n) is 7.27. The number of anilines is 2. The van der Waals surface area contributed by atoms with Crippen LogP contribution in [0.5, 0.6) is 0 Å². The fraction of sp³-hybridized carbons (Fsp3) is 0.474. The summed E-state index contributed by atoms with van der Waals surface area (Å²) in [6, 6.07) is 3.84. The zero-order valence-corrected chi connectivity index (χ0v) is 16.7. The number of carbonyl (C=O) groups is 2. The van der Waals surface area contributed by atoms with Crippen LogP contribution >= 0.6 is 11.8 Å². The molecule has 0 radical (unpaired) electrons. The molecule has 0 bridgehead atoms. The number of hydrogen-bond donors (Lipinski definition) is 0. The Kier molecular flexibility index (Phi) is 4.77. The highest BCUT2D eigenvalue weighted by Gasteiger charge is 2.34. The molecule has 0 spiro atoms. The highest BCUT2D eigenvalue weighted by molar-refractivity contribution is 8.14. The van der Waals surface area contributed by atoms with E-state index in [1.54, 1.807) is 6.07 Å². The number of hydrogen-bond acceptors (Lipinski definition) is 8. The van der Waals surface area contributed by atoms with Gasteiger partial charge < -0.3 is 14.2 Å². The summed E-state index contributed by atoms with van der Waals surface area (Å²) in [7, 11) is 0. The lowest BCUT2D eigenvalue weighted by Gasteiger charge is -2.37. The average Bonchev–Trinajstić information content (AvgIpc) is 3.21. The largest absolute Gasteiger partial charge is 0.372 e. The quantitative estimate of drug-likeness (QED) is 0.724. The number of ether oxygens (including phenoxy) is 1. The van der Waals surface area contributed by atoms with Gasteiger partial charge in [-0.3, -0.25) is 14.5 Å². The Morgan fingerprint density at radius 1 is 1.29 bits per heavy atom. The minimum atomic E-state index is -0.117. The van der Waals surface area contributed by atoms with E-state index in [1.807, 2.05) is 25.7 Å². The van der Waals surface area contributed by atoms with Crippen molar-refractivity contribution in [1.82, 2.24) is 5.16 Å². The molecule has 3 heterocycles. The first-order chi connectivity index (χ1) is 13.4. The third kappa shape index (κ3) is 3.02. The average molecular weight is 400 g/mol. The Morgan fingerprint density at radius 2 is 2.00 bits per heavy atom. The van der Waals surface area contributed by atoms with Crippen molar-refractivity contribution in [2.24, 2.45) is 0 Å². The molecule has 2 saturated heterocycles. The van der Waals surface area contributed by atoms with E-state index in [0.29, 0.717) is 47.7 Å². The van der Waals surface area contributed by atoms with Gasteiger partial charge in [0.15, 0.2) is 17.7 Å². The molecule has 1 aromatic carbocycles. The number of nitriles is 1. The molecule has 0 aliphatic carbocycles. The maximum atomic E-state index is 12.3. The number of fused-ring (bicyclic) bond motifs is 1. The van der Waals surface area contributed by atoms with Crippen molar-refractivity contribution < 1.29 is 18.8 Å². The van der Waals surface area contributed by atoms with E-state index in [4.69, 9.17) is 9.26 Å². The maximum absolute atomic E-state index is 12.3. The smallest absolute Gasteiger partial charge is 0.287 e. The van der Waals surface area contributed by atoms with Crippen LogP contribution in [0.15, 0.2) is 10.6 Å². The van der Waals surface area contributed by atoms with E-state index < -0.39 is 0 Å². The van der Waals surface area contributed by atoms with Crippen LogP contribution in [-0.4, -0.2) is 53.8 Å². The van der Waals surface area contributed by atoms with Crippen LogP contribution < -0.4 is 9.80 Å². The summed E-state index contributed by atoms with van der Waals surface area (Å²) in [5.41, 5.74) is 1.46.